The molecule has 0 heterocycles. The molecule has 0 aromatic heterocycles. The van der Waals surface area contributed by atoms with Gasteiger partial charge in [-0.05, 0) is 55.3 Å². The molecule has 0 spiro atoms. The number of amides is 2. The monoisotopic (exact) mass is 609 g/mol. The summed E-state index contributed by atoms with van der Waals surface area (Å²) >= 11 is 18.9. The van der Waals surface area contributed by atoms with E-state index in [9.17, 15) is 18.0 Å². The van der Waals surface area contributed by atoms with Crippen LogP contribution in [0.2, 0.25) is 15.1 Å². The van der Waals surface area contributed by atoms with E-state index in [0.717, 1.165) is 17.1 Å². The van der Waals surface area contributed by atoms with E-state index in [4.69, 9.17) is 34.8 Å². The molecular weight excluding hydrogens is 581 g/mol. The lowest BCUT2D eigenvalue weighted by Crippen LogP contribution is -2.51. The van der Waals surface area contributed by atoms with Gasteiger partial charge in [0.05, 0.1) is 15.6 Å². The predicted molar refractivity (Wildman–Crippen MR) is 157 cm³/mol. The van der Waals surface area contributed by atoms with Crippen LogP contribution in [0.25, 0.3) is 0 Å². The van der Waals surface area contributed by atoms with Gasteiger partial charge in [-0.3, -0.25) is 13.9 Å². The summed E-state index contributed by atoms with van der Waals surface area (Å²) in [4.78, 5) is 28.2. The van der Waals surface area contributed by atoms with E-state index in [2.05, 4.69) is 5.32 Å². The van der Waals surface area contributed by atoms with Gasteiger partial charge in [0.2, 0.25) is 11.8 Å². The first kappa shape index (κ1) is 30.8. The Balaban J connectivity index is 2.03. The molecule has 7 nitrogen and oxygen atoms in total. The van der Waals surface area contributed by atoms with Gasteiger partial charge in [-0.1, -0.05) is 84.5 Å². The Kier molecular flexibility index (Phi) is 11.1. The summed E-state index contributed by atoms with van der Waals surface area (Å²) in [5.41, 5.74) is 0.693. The number of unbranched alkanes of at least 4 members (excludes halogenated alkanes) is 1. The van der Waals surface area contributed by atoms with Crippen molar-refractivity contribution in [2.45, 2.75) is 44.2 Å². The van der Waals surface area contributed by atoms with E-state index in [1.165, 1.54) is 35.2 Å². The predicted octanol–water partition coefficient (Wildman–Crippen LogP) is 6.18. The van der Waals surface area contributed by atoms with Gasteiger partial charge in [0.15, 0.2) is 0 Å². The van der Waals surface area contributed by atoms with Gasteiger partial charge in [-0.15, -0.1) is 0 Å². The first-order valence-corrected chi connectivity index (χ1v) is 15.0. The molecule has 208 valence electrons. The Hall–Kier alpha value is -2.78. The highest BCUT2D eigenvalue weighted by Gasteiger charge is 2.33. The molecule has 3 rings (SSSR count). The minimum Gasteiger partial charge on any atom is -0.354 e. The van der Waals surface area contributed by atoms with Crippen LogP contribution in [0.4, 0.5) is 5.69 Å². The first-order chi connectivity index (χ1) is 18.6. The number of nitrogens with zero attached hydrogens (tertiary/aromatic N) is 2. The fourth-order valence-electron chi connectivity index (χ4n) is 3.85. The van der Waals surface area contributed by atoms with Crippen LogP contribution >= 0.6 is 34.8 Å². The normalized spacial score (nSPS) is 12.0. The van der Waals surface area contributed by atoms with Crippen molar-refractivity contribution in [2.24, 2.45) is 0 Å². The molecule has 2 amide bonds. The number of halogens is 3. The Morgan fingerprint density at radius 1 is 0.923 bits per heavy atom. The van der Waals surface area contributed by atoms with Gasteiger partial charge >= 0.3 is 0 Å². The van der Waals surface area contributed by atoms with Crippen LogP contribution in [-0.2, 0) is 26.2 Å². The highest BCUT2D eigenvalue weighted by Crippen LogP contribution is 2.33. The van der Waals surface area contributed by atoms with Gasteiger partial charge in [-0.2, -0.15) is 0 Å². The fourth-order valence-corrected chi connectivity index (χ4v) is 6.06. The summed E-state index contributed by atoms with van der Waals surface area (Å²) < 4.78 is 28.5. The Morgan fingerprint density at radius 3 is 2.23 bits per heavy atom. The van der Waals surface area contributed by atoms with Crippen LogP contribution in [0.3, 0.4) is 0 Å². The highest BCUT2D eigenvalue weighted by atomic mass is 35.5. The molecule has 1 atom stereocenters. The van der Waals surface area contributed by atoms with Gasteiger partial charge in [0.1, 0.15) is 12.6 Å². The van der Waals surface area contributed by atoms with Crippen LogP contribution in [0, 0.1) is 0 Å². The maximum atomic E-state index is 13.9. The number of rotatable bonds is 12. The third kappa shape index (κ3) is 7.88. The second kappa shape index (κ2) is 14.0. The molecule has 0 saturated heterocycles. The van der Waals surface area contributed by atoms with Gasteiger partial charge in [-0.25, -0.2) is 8.42 Å². The fraction of sp³-hybridized carbons (Fsp3) is 0.286. The molecule has 0 aliphatic rings. The van der Waals surface area contributed by atoms with Crippen LogP contribution in [-0.4, -0.2) is 44.3 Å². The van der Waals surface area contributed by atoms with Crippen molar-refractivity contribution in [1.82, 2.24) is 10.2 Å². The summed E-state index contributed by atoms with van der Waals surface area (Å²) in [5.74, 6) is -0.968. The largest absolute Gasteiger partial charge is 0.354 e. The maximum absolute atomic E-state index is 13.9. The molecule has 0 fully saturated rings. The highest BCUT2D eigenvalue weighted by molar-refractivity contribution is 7.92. The van der Waals surface area contributed by atoms with Crippen LogP contribution in [0.15, 0.2) is 77.7 Å². The zero-order valence-electron chi connectivity index (χ0n) is 21.6. The van der Waals surface area contributed by atoms with Crippen molar-refractivity contribution >= 4 is 62.3 Å². The molecule has 0 bridgehead atoms. The summed E-state index contributed by atoms with van der Waals surface area (Å²) in [6.07, 6.45) is 1.68. The lowest BCUT2D eigenvalue weighted by atomic mass is 10.1. The molecule has 3 aromatic carbocycles. The first-order valence-electron chi connectivity index (χ1n) is 12.4. The number of hydrogen-bond acceptors (Lipinski definition) is 4. The molecule has 0 radical (unpaired) electrons. The smallest absolute Gasteiger partial charge is 0.264 e. The Labute approximate surface area is 244 Å². The third-order valence-corrected chi connectivity index (χ3v) is 8.76. The molecular formula is C28H30Cl3N3O4S. The zero-order chi connectivity index (χ0) is 28.6. The summed E-state index contributed by atoms with van der Waals surface area (Å²) in [6.45, 7) is 3.44. The maximum Gasteiger partial charge on any atom is 0.264 e. The number of carbonyl (C=O) groups excluding carboxylic acids is 2. The van der Waals surface area contributed by atoms with Crippen LogP contribution in [0.1, 0.15) is 32.3 Å². The number of carbonyl (C=O) groups is 2. The van der Waals surface area contributed by atoms with Crippen molar-refractivity contribution in [1.29, 1.82) is 0 Å². The average molecular weight is 611 g/mol. The van der Waals surface area contributed by atoms with E-state index in [1.54, 1.807) is 49.4 Å². The van der Waals surface area contributed by atoms with Crippen molar-refractivity contribution < 1.29 is 18.0 Å². The molecule has 11 heteroatoms. The summed E-state index contributed by atoms with van der Waals surface area (Å²) in [6, 6.07) is 18.1. The Morgan fingerprint density at radius 2 is 1.59 bits per heavy atom. The lowest BCUT2D eigenvalue weighted by Gasteiger charge is -2.32. The molecule has 3 aromatic rings. The van der Waals surface area contributed by atoms with Gasteiger partial charge in [0.25, 0.3) is 10.0 Å². The topological polar surface area (TPSA) is 86.8 Å². The number of hydrogen-bond donors (Lipinski definition) is 1. The third-order valence-electron chi connectivity index (χ3n) is 6.08. The SMILES string of the molecule is CCCCNC(=O)[C@@H](C)N(Cc1ccccc1Cl)C(=O)CN(c1ccc(Cl)cc1Cl)S(=O)(=O)c1ccccc1. The molecule has 1 N–H and O–H groups in total. The van der Waals surface area contributed by atoms with Crippen LogP contribution in [0.5, 0.6) is 0 Å². The van der Waals surface area contributed by atoms with Gasteiger partial charge < -0.3 is 10.2 Å². The van der Waals surface area contributed by atoms with Crippen LogP contribution < -0.4 is 9.62 Å². The van der Waals surface area contributed by atoms with E-state index >= 15 is 0 Å². The van der Waals surface area contributed by atoms with E-state index in [0.29, 0.717) is 22.2 Å². The number of anilines is 1. The zero-order valence-corrected chi connectivity index (χ0v) is 24.7. The lowest BCUT2D eigenvalue weighted by molar-refractivity contribution is -0.139. The molecule has 0 unspecified atom stereocenters. The standard InChI is InChI=1S/C28H30Cl3N3O4S/c1-3-4-16-32-28(36)20(2)33(18-21-10-8-9-13-24(21)30)27(35)19-34(26-15-14-22(29)17-25(26)31)39(37,38)23-11-6-5-7-12-23/h5-15,17,20H,3-4,16,18-19H2,1-2H3,(H,32,36)/t20-/m1/s1. The quantitative estimate of drug-likeness (QED) is 0.248. The molecule has 0 aliphatic heterocycles. The average Bonchev–Trinajstić information content (AvgIpc) is 2.91. The second-order valence-corrected chi connectivity index (χ2v) is 12.0. The van der Waals surface area contributed by atoms with E-state index in [-0.39, 0.29) is 28.1 Å². The van der Waals surface area contributed by atoms with Gasteiger partial charge in [0, 0.05) is 23.1 Å². The van der Waals surface area contributed by atoms with Crippen molar-refractivity contribution in [3.8, 4) is 0 Å². The molecule has 0 aliphatic carbocycles. The molecule has 0 saturated carbocycles. The summed E-state index contributed by atoms with van der Waals surface area (Å²) in [5, 5.41) is 3.63. The second-order valence-electron chi connectivity index (χ2n) is 8.85. The minimum absolute atomic E-state index is 0.00551. The van der Waals surface area contributed by atoms with E-state index < -0.39 is 28.5 Å². The van der Waals surface area contributed by atoms with Crippen molar-refractivity contribution in [3.05, 3.63) is 93.4 Å². The van der Waals surface area contributed by atoms with Crippen molar-refractivity contribution in [3.63, 3.8) is 0 Å². The Bertz CT molecular complexity index is 1400. The van der Waals surface area contributed by atoms with E-state index in [1.807, 2.05) is 6.92 Å². The summed E-state index contributed by atoms with van der Waals surface area (Å²) in [7, 11) is -4.23. The van der Waals surface area contributed by atoms with Crippen molar-refractivity contribution in [2.75, 3.05) is 17.4 Å². The minimum atomic E-state index is -4.23. The number of benzene rings is 3. The number of sulfonamides is 1. The number of nitrogens with one attached hydrogen (secondary N) is 1. The molecule has 39 heavy (non-hydrogen) atoms.